The van der Waals surface area contributed by atoms with E-state index in [1.165, 1.54) is 12.1 Å². The standard InChI is InChI=1S/C14H16F5NO3/c15-13(16)23-11-4-1-10(2-5-11)3-6-12(21)20-7-8-22-9-14(17,18)19/h1-2,4-5,13H,3,6-9H2,(H,20,21). The van der Waals surface area contributed by atoms with Crippen molar-refractivity contribution in [1.82, 2.24) is 5.32 Å². The maximum absolute atomic E-state index is 12.0. The van der Waals surface area contributed by atoms with Gasteiger partial charge in [-0.15, -0.1) is 0 Å². The van der Waals surface area contributed by atoms with Gasteiger partial charge < -0.3 is 14.8 Å². The molecule has 1 aromatic carbocycles. The third-order valence-corrected chi connectivity index (χ3v) is 2.62. The molecule has 0 saturated heterocycles. The van der Waals surface area contributed by atoms with Crippen LogP contribution in [0.15, 0.2) is 24.3 Å². The lowest BCUT2D eigenvalue weighted by molar-refractivity contribution is -0.173. The first-order chi connectivity index (χ1) is 10.8. The maximum Gasteiger partial charge on any atom is 0.411 e. The van der Waals surface area contributed by atoms with E-state index in [1.807, 2.05) is 0 Å². The topological polar surface area (TPSA) is 47.6 Å². The van der Waals surface area contributed by atoms with E-state index in [0.717, 1.165) is 5.56 Å². The summed E-state index contributed by atoms with van der Waals surface area (Å²) in [6.07, 6.45) is -3.90. The molecule has 23 heavy (non-hydrogen) atoms. The van der Waals surface area contributed by atoms with Crippen LogP contribution in [0, 0.1) is 0 Å². The van der Waals surface area contributed by atoms with Gasteiger partial charge in [-0.3, -0.25) is 4.79 Å². The van der Waals surface area contributed by atoms with Crippen LogP contribution >= 0.6 is 0 Å². The molecule has 1 N–H and O–H groups in total. The van der Waals surface area contributed by atoms with Gasteiger partial charge in [-0.2, -0.15) is 22.0 Å². The summed E-state index contributed by atoms with van der Waals surface area (Å²) in [5.74, 6) is -0.316. The largest absolute Gasteiger partial charge is 0.435 e. The Bertz CT molecular complexity index is 476. The van der Waals surface area contributed by atoms with Gasteiger partial charge in [0.25, 0.3) is 0 Å². The van der Waals surface area contributed by atoms with Crippen LogP contribution in [0.5, 0.6) is 5.75 Å². The molecule has 0 fully saturated rings. The number of halogens is 5. The number of amides is 1. The number of carbonyl (C=O) groups excluding carboxylic acids is 1. The molecule has 9 heteroatoms. The summed E-state index contributed by atoms with van der Waals surface area (Å²) < 4.78 is 67.8. The van der Waals surface area contributed by atoms with Gasteiger partial charge in [0, 0.05) is 13.0 Å². The summed E-state index contributed by atoms with van der Waals surface area (Å²) in [6.45, 7) is -4.50. The van der Waals surface area contributed by atoms with Crippen molar-refractivity contribution >= 4 is 5.91 Å². The van der Waals surface area contributed by atoms with Crippen LogP contribution < -0.4 is 10.1 Å². The van der Waals surface area contributed by atoms with Gasteiger partial charge >= 0.3 is 12.8 Å². The van der Waals surface area contributed by atoms with E-state index in [-0.39, 0.29) is 31.2 Å². The van der Waals surface area contributed by atoms with Crippen molar-refractivity contribution in [2.75, 3.05) is 19.8 Å². The lowest BCUT2D eigenvalue weighted by Gasteiger charge is -2.09. The minimum Gasteiger partial charge on any atom is -0.435 e. The Morgan fingerprint density at radius 2 is 1.83 bits per heavy atom. The maximum atomic E-state index is 12.0. The van der Waals surface area contributed by atoms with E-state index in [2.05, 4.69) is 14.8 Å². The van der Waals surface area contributed by atoms with Crippen LogP contribution in [0.25, 0.3) is 0 Å². The fourth-order valence-corrected chi connectivity index (χ4v) is 1.63. The van der Waals surface area contributed by atoms with E-state index in [4.69, 9.17) is 0 Å². The summed E-state index contributed by atoms with van der Waals surface area (Å²) in [7, 11) is 0. The lowest BCUT2D eigenvalue weighted by atomic mass is 10.1. The summed E-state index contributed by atoms with van der Waals surface area (Å²) >= 11 is 0. The molecule has 130 valence electrons. The van der Waals surface area contributed by atoms with Crippen molar-refractivity contribution in [2.24, 2.45) is 0 Å². The second kappa shape index (κ2) is 9.29. The van der Waals surface area contributed by atoms with Crippen molar-refractivity contribution in [3.8, 4) is 5.75 Å². The van der Waals surface area contributed by atoms with Crippen LogP contribution in [0.3, 0.4) is 0 Å². The molecule has 0 aromatic heterocycles. The Hall–Kier alpha value is -1.90. The molecule has 1 rings (SSSR count). The molecular formula is C14H16F5NO3. The number of hydrogen-bond acceptors (Lipinski definition) is 3. The zero-order chi connectivity index (χ0) is 17.3. The molecular weight excluding hydrogens is 325 g/mol. The highest BCUT2D eigenvalue weighted by Crippen LogP contribution is 2.16. The zero-order valence-corrected chi connectivity index (χ0v) is 12.0. The molecule has 0 unspecified atom stereocenters. The van der Waals surface area contributed by atoms with Gasteiger partial charge in [-0.1, -0.05) is 12.1 Å². The molecule has 0 spiro atoms. The molecule has 0 bridgehead atoms. The average molecular weight is 341 g/mol. The number of rotatable bonds is 9. The second-order valence-corrected chi connectivity index (χ2v) is 4.54. The van der Waals surface area contributed by atoms with E-state index in [9.17, 15) is 26.7 Å². The average Bonchev–Trinajstić information content (AvgIpc) is 2.44. The van der Waals surface area contributed by atoms with Crippen molar-refractivity contribution < 1.29 is 36.2 Å². The molecule has 0 atom stereocenters. The van der Waals surface area contributed by atoms with Gasteiger partial charge in [-0.05, 0) is 24.1 Å². The van der Waals surface area contributed by atoms with E-state index >= 15 is 0 Å². The number of benzene rings is 1. The minimum atomic E-state index is -4.38. The minimum absolute atomic E-state index is 0.0178. The fourth-order valence-electron chi connectivity index (χ4n) is 1.63. The lowest BCUT2D eigenvalue weighted by Crippen LogP contribution is -2.29. The van der Waals surface area contributed by atoms with Gasteiger partial charge in [0.15, 0.2) is 0 Å². The van der Waals surface area contributed by atoms with Crippen LogP contribution in [0.4, 0.5) is 22.0 Å². The normalized spacial score (nSPS) is 11.6. The number of carbonyl (C=O) groups is 1. The quantitative estimate of drug-likeness (QED) is 0.555. The smallest absolute Gasteiger partial charge is 0.411 e. The highest BCUT2D eigenvalue weighted by atomic mass is 19.4. The summed E-state index contributed by atoms with van der Waals surface area (Å²) in [5.41, 5.74) is 0.745. The first-order valence-corrected chi connectivity index (χ1v) is 6.71. The molecule has 0 heterocycles. The highest BCUT2D eigenvalue weighted by molar-refractivity contribution is 5.76. The molecule has 1 aromatic rings. The number of aryl methyl sites for hydroxylation is 1. The molecule has 0 radical (unpaired) electrons. The van der Waals surface area contributed by atoms with E-state index in [1.54, 1.807) is 12.1 Å². The molecule has 4 nitrogen and oxygen atoms in total. The number of ether oxygens (including phenoxy) is 2. The number of hydrogen-bond donors (Lipinski definition) is 1. The Morgan fingerprint density at radius 1 is 1.17 bits per heavy atom. The summed E-state index contributed by atoms with van der Waals surface area (Å²) in [5, 5.41) is 2.42. The van der Waals surface area contributed by atoms with Gasteiger partial charge in [-0.25, -0.2) is 0 Å². The first kappa shape index (κ1) is 19.1. The Balaban J connectivity index is 2.18. The van der Waals surface area contributed by atoms with Crippen molar-refractivity contribution in [3.05, 3.63) is 29.8 Å². The molecule has 0 aliphatic heterocycles. The Kier molecular flexibility index (Phi) is 7.73. The zero-order valence-electron chi connectivity index (χ0n) is 12.0. The Morgan fingerprint density at radius 3 is 2.39 bits per heavy atom. The van der Waals surface area contributed by atoms with Crippen molar-refractivity contribution in [1.29, 1.82) is 0 Å². The SMILES string of the molecule is O=C(CCc1ccc(OC(F)F)cc1)NCCOCC(F)(F)F. The molecule has 0 aliphatic rings. The third-order valence-electron chi connectivity index (χ3n) is 2.62. The molecule has 0 saturated carbocycles. The fraction of sp³-hybridized carbons (Fsp3) is 0.500. The van der Waals surface area contributed by atoms with E-state index < -0.39 is 19.4 Å². The predicted octanol–water partition coefficient (Wildman–Crippen LogP) is 2.92. The van der Waals surface area contributed by atoms with Crippen LogP contribution in [-0.2, 0) is 16.0 Å². The highest BCUT2D eigenvalue weighted by Gasteiger charge is 2.27. The second-order valence-electron chi connectivity index (χ2n) is 4.54. The van der Waals surface area contributed by atoms with Crippen LogP contribution in [0.2, 0.25) is 0 Å². The van der Waals surface area contributed by atoms with Crippen molar-refractivity contribution in [3.63, 3.8) is 0 Å². The number of nitrogens with one attached hydrogen (secondary N) is 1. The van der Waals surface area contributed by atoms with Gasteiger partial charge in [0.1, 0.15) is 12.4 Å². The summed E-state index contributed by atoms with van der Waals surface area (Å²) in [4.78, 5) is 11.5. The van der Waals surface area contributed by atoms with Crippen molar-refractivity contribution in [2.45, 2.75) is 25.6 Å². The van der Waals surface area contributed by atoms with Crippen LogP contribution in [0.1, 0.15) is 12.0 Å². The van der Waals surface area contributed by atoms with E-state index in [0.29, 0.717) is 6.42 Å². The molecule has 0 aliphatic carbocycles. The monoisotopic (exact) mass is 341 g/mol. The van der Waals surface area contributed by atoms with Crippen LogP contribution in [-0.4, -0.2) is 38.5 Å². The third kappa shape index (κ3) is 9.67. The summed E-state index contributed by atoms with van der Waals surface area (Å²) in [6, 6.07) is 5.84. The number of alkyl halides is 5. The first-order valence-electron chi connectivity index (χ1n) is 6.71. The van der Waals surface area contributed by atoms with Gasteiger partial charge in [0.2, 0.25) is 5.91 Å². The predicted molar refractivity (Wildman–Crippen MR) is 71.3 cm³/mol. The Labute approximate surface area is 129 Å². The van der Waals surface area contributed by atoms with Gasteiger partial charge in [0.05, 0.1) is 6.61 Å². The molecule has 1 amide bonds.